The van der Waals surface area contributed by atoms with Crippen molar-refractivity contribution < 1.29 is 30.8 Å². The van der Waals surface area contributed by atoms with Crippen LogP contribution in [0.25, 0.3) is 0 Å². The molecule has 0 fully saturated rings. The predicted molar refractivity (Wildman–Crippen MR) is 108 cm³/mol. The molecule has 2 aromatic carbocycles. The van der Waals surface area contributed by atoms with Crippen LogP contribution in [0.4, 0.5) is 5.69 Å². The van der Waals surface area contributed by atoms with Crippen LogP contribution >= 0.6 is 0 Å². The van der Waals surface area contributed by atoms with Gasteiger partial charge in [0.15, 0.2) is 0 Å². The van der Waals surface area contributed by atoms with Gasteiger partial charge < -0.3 is 9.15 Å². The first kappa shape index (κ1) is 21.6. The Morgan fingerprint density at radius 3 is 2.30 bits per heavy atom. The number of nitrogens with one attached hydrogen (secondary N) is 2. The van der Waals surface area contributed by atoms with Crippen LogP contribution in [0.5, 0.6) is 0 Å². The summed E-state index contributed by atoms with van der Waals surface area (Å²) in [5.41, 5.74) is 0.264. The summed E-state index contributed by atoms with van der Waals surface area (Å²) in [6.45, 7) is -0.0438. The Morgan fingerprint density at radius 1 is 0.933 bits per heavy atom. The second kappa shape index (κ2) is 8.69. The molecule has 0 spiro atoms. The molecule has 0 amide bonds. The molecule has 0 saturated carbocycles. The number of carbonyl (C=O) groups is 1. The molecule has 158 valence electrons. The highest BCUT2D eigenvalue weighted by atomic mass is 32.2. The van der Waals surface area contributed by atoms with Gasteiger partial charge in [0, 0.05) is 0 Å². The number of ether oxygens (including phenoxy) is 1. The number of anilines is 1. The Bertz CT molecular complexity index is 1230. The maximum absolute atomic E-state index is 12.6. The van der Waals surface area contributed by atoms with Crippen LogP contribution in [0, 0.1) is 0 Å². The number of rotatable bonds is 8. The Balaban J connectivity index is 1.77. The van der Waals surface area contributed by atoms with Crippen LogP contribution in [0.2, 0.25) is 0 Å². The highest BCUT2D eigenvalue weighted by Crippen LogP contribution is 2.20. The second-order valence-electron chi connectivity index (χ2n) is 6.05. The lowest BCUT2D eigenvalue weighted by Gasteiger charge is -2.11. The number of hydrogen-bond donors (Lipinski definition) is 2. The lowest BCUT2D eigenvalue weighted by Crippen LogP contribution is -2.23. The maximum atomic E-state index is 12.6. The number of benzene rings is 2. The third-order valence-electron chi connectivity index (χ3n) is 4.00. The molecule has 2 N–H and O–H groups in total. The third-order valence-corrected chi connectivity index (χ3v) is 6.79. The van der Waals surface area contributed by atoms with Gasteiger partial charge in [0.1, 0.15) is 5.76 Å². The minimum Gasteiger partial charge on any atom is -0.468 e. The third kappa shape index (κ3) is 5.06. The summed E-state index contributed by atoms with van der Waals surface area (Å²) < 4.78 is 64.5. The van der Waals surface area contributed by atoms with Crippen molar-refractivity contribution in [1.29, 1.82) is 0 Å². The summed E-state index contributed by atoms with van der Waals surface area (Å²) in [7, 11) is -6.68. The zero-order valence-corrected chi connectivity index (χ0v) is 17.4. The van der Waals surface area contributed by atoms with Gasteiger partial charge in [-0.1, -0.05) is 6.07 Å². The van der Waals surface area contributed by atoms with Crippen LogP contribution in [0.15, 0.2) is 81.1 Å². The van der Waals surface area contributed by atoms with Crippen molar-refractivity contribution in [3.8, 4) is 0 Å². The molecule has 0 radical (unpaired) electrons. The Hall–Kier alpha value is -3.15. The number of methoxy groups -OCH3 is 1. The van der Waals surface area contributed by atoms with Crippen LogP contribution < -0.4 is 9.44 Å². The number of hydrogen-bond acceptors (Lipinski definition) is 7. The number of furan rings is 1. The Morgan fingerprint density at radius 2 is 1.67 bits per heavy atom. The number of sulfonamides is 2. The van der Waals surface area contributed by atoms with Gasteiger partial charge in [-0.05, 0) is 54.6 Å². The summed E-state index contributed by atoms with van der Waals surface area (Å²) in [4.78, 5) is 11.3. The first-order chi connectivity index (χ1) is 14.2. The van der Waals surface area contributed by atoms with Gasteiger partial charge in [0.2, 0.25) is 10.0 Å². The molecule has 0 aliphatic carbocycles. The van der Waals surface area contributed by atoms with E-state index in [2.05, 4.69) is 14.2 Å². The molecule has 0 bridgehead atoms. The van der Waals surface area contributed by atoms with Crippen LogP contribution in [-0.4, -0.2) is 29.9 Å². The molecule has 1 aromatic heterocycles. The fraction of sp³-hybridized carbons (Fsp3) is 0.105. The summed E-state index contributed by atoms with van der Waals surface area (Å²) >= 11 is 0. The van der Waals surface area contributed by atoms with Gasteiger partial charge in [-0.3, -0.25) is 4.72 Å². The van der Waals surface area contributed by atoms with Crippen LogP contribution in [0.3, 0.4) is 0 Å². The largest absolute Gasteiger partial charge is 0.468 e. The molecule has 3 rings (SSSR count). The van der Waals surface area contributed by atoms with Crippen LogP contribution in [0.1, 0.15) is 16.1 Å². The standard InChI is InChI=1S/C19H18N2O7S2/c1-27-19(22)14-7-9-17(10-8-14)30(25,26)21-15-4-2-6-18(12-15)29(23,24)20-13-16-5-3-11-28-16/h2-12,20-21H,13H2,1H3. The second-order valence-corrected chi connectivity index (χ2v) is 9.50. The fourth-order valence-electron chi connectivity index (χ4n) is 2.49. The van der Waals surface area contributed by atoms with Gasteiger partial charge in [-0.15, -0.1) is 0 Å². The van der Waals surface area contributed by atoms with E-state index in [1.54, 1.807) is 12.1 Å². The highest BCUT2D eigenvalue weighted by molar-refractivity contribution is 7.92. The van der Waals surface area contributed by atoms with E-state index in [1.165, 1.54) is 61.9 Å². The number of carbonyl (C=O) groups excluding carboxylic acids is 1. The minimum atomic E-state index is -4.00. The van der Waals surface area contributed by atoms with Gasteiger partial charge in [0.25, 0.3) is 10.0 Å². The van der Waals surface area contributed by atoms with Crippen molar-refractivity contribution in [2.45, 2.75) is 16.3 Å². The van der Waals surface area contributed by atoms with E-state index in [0.29, 0.717) is 5.76 Å². The summed E-state index contributed by atoms with van der Waals surface area (Å²) in [5, 5.41) is 0. The minimum absolute atomic E-state index is 0.0438. The van der Waals surface area contributed by atoms with E-state index in [0.717, 1.165) is 0 Å². The molecule has 0 aliphatic rings. The fourth-order valence-corrected chi connectivity index (χ4v) is 4.58. The van der Waals surface area contributed by atoms with Gasteiger partial charge in [0.05, 0.1) is 41.0 Å². The average molecular weight is 450 g/mol. The maximum Gasteiger partial charge on any atom is 0.337 e. The zero-order valence-electron chi connectivity index (χ0n) is 15.7. The van der Waals surface area contributed by atoms with Gasteiger partial charge >= 0.3 is 5.97 Å². The molecule has 9 nitrogen and oxygen atoms in total. The van der Waals surface area contributed by atoms with E-state index in [9.17, 15) is 21.6 Å². The summed E-state index contributed by atoms with van der Waals surface area (Å²) in [6.07, 6.45) is 1.43. The quantitative estimate of drug-likeness (QED) is 0.504. The molecule has 3 aromatic rings. The molecule has 1 heterocycles. The topological polar surface area (TPSA) is 132 Å². The Labute approximate surface area is 173 Å². The van der Waals surface area contributed by atoms with Crippen molar-refractivity contribution in [3.05, 3.63) is 78.3 Å². The highest BCUT2D eigenvalue weighted by Gasteiger charge is 2.18. The molecule has 0 atom stereocenters. The van der Waals surface area contributed by atoms with E-state index >= 15 is 0 Å². The first-order valence-electron chi connectivity index (χ1n) is 8.54. The van der Waals surface area contributed by atoms with E-state index in [-0.39, 0.29) is 27.6 Å². The van der Waals surface area contributed by atoms with E-state index in [4.69, 9.17) is 4.42 Å². The number of esters is 1. The molecule has 0 unspecified atom stereocenters. The summed E-state index contributed by atoms with van der Waals surface area (Å²) in [5.74, 6) is -0.155. The normalized spacial score (nSPS) is 11.8. The summed E-state index contributed by atoms with van der Waals surface area (Å²) in [6, 6.07) is 13.8. The monoisotopic (exact) mass is 450 g/mol. The van der Waals surface area contributed by atoms with E-state index in [1.807, 2.05) is 0 Å². The first-order valence-corrected chi connectivity index (χ1v) is 11.5. The predicted octanol–water partition coefficient (Wildman–Crippen LogP) is 2.35. The molecular formula is C19H18N2O7S2. The smallest absolute Gasteiger partial charge is 0.337 e. The lowest BCUT2D eigenvalue weighted by molar-refractivity contribution is 0.0600. The van der Waals surface area contributed by atoms with Crippen molar-refractivity contribution in [3.63, 3.8) is 0 Å². The van der Waals surface area contributed by atoms with Crippen LogP contribution in [-0.2, 0) is 31.3 Å². The molecule has 11 heteroatoms. The van der Waals surface area contributed by atoms with Gasteiger partial charge in [-0.2, -0.15) is 0 Å². The van der Waals surface area contributed by atoms with Crippen molar-refractivity contribution in [2.24, 2.45) is 0 Å². The zero-order chi connectivity index (χ0) is 21.8. The molecule has 30 heavy (non-hydrogen) atoms. The van der Waals surface area contributed by atoms with Crippen molar-refractivity contribution in [2.75, 3.05) is 11.8 Å². The average Bonchev–Trinajstić information content (AvgIpc) is 3.25. The van der Waals surface area contributed by atoms with Crippen molar-refractivity contribution >= 4 is 31.7 Å². The SMILES string of the molecule is COC(=O)c1ccc(S(=O)(=O)Nc2cccc(S(=O)(=O)NCc3ccco3)c2)cc1. The van der Waals surface area contributed by atoms with Gasteiger partial charge in [-0.25, -0.2) is 26.4 Å². The lowest BCUT2D eigenvalue weighted by atomic mass is 10.2. The molecule has 0 aliphatic heterocycles. The Kier molecular flexibility index (Phi) is 6.25. The van der Waals surface area contributed by atoms with Crippen molar-refractivity contribution in [1.82, 2.24) is 4.72 Å². The van der Waals surface area contributed by atoms with E-state index < -0.39 is 26.0 Å². The molecule has 0 saturated heterocycles. The molecular weight excluding hydrogens is 432 g/mol.